The van der Waals surface area contributed by atoms with Gasteiger partial charge in [0.2, 0.25) is 5.95 Å². The van der Waals surface area contributed by atoms with E-state index in [4.69, 9.17) is 24.3 Å². The number of ether oxygens (including phenoxy) is 2. The van der Waals surface area contributed by atoms with Crippen LogP contribution in [0.25, 0.3) is 11.2 Å². The second kappa shape index (κ2) is 16.1. The topological polar surface area (TPSA) is 218 Å². The highest BCUT2D eigenvalue weighted by atomic mass is 32.2. The number of hydrogen-bond acceptors (Lipinski definition) is 15. The average Bonchev–Trinajstić information content (AvgIpc) is 3.42. The smallest absolute Gasteiger partial charge is 0.387 e. The number of nitrogen functional groups attached to an aromatic ring is 1. The molecule has 1 aliphatic rings. The number of aromatic nitrogens is 4. The number of hydrogen-bond donors (Lipinski definition) is 4. The van der Waals surface area contributed by atoms with E-state index in [2.05, 4.69) is 15.0 Å². The van der Waals surface area contributed by atoms with Crippen LogP contribution in [0.4, 0.5) is 5.95 Å². The Morgan fingerprint density at radius 3 is 2.25 bits per heavy atom. The molecule has 3 heterocycles. The summed E-state index contributed by atoms with van der Waals surface area (Å²) in [5.74, 6) is 0.916. The van der Waals surface area contributed by atoms with Crippen LogP contribution in [-0.2, 0) is 32.7 Å². The highest BCUT2D eigenvalue weighted by Gasteiger charge is 2.54. The molecule has 1 unspecified atom stereocenters. The third-order valence-electron chi connectivity index (χ3n) is 6.06. The number of fused-ring (bicyclic) bond motifs is 1. The number of rotatable bonds is 11. The van der Waals surface area contributed by atoms with Crippen molar-refractivity contribution >= 4 is 59.1 Å². The zero-order valence-electron chi connectivity index (χ0n) is 26.2. The van der Waals surface area contributed by atoms with Crippen molar-refractivity contribution in [1.29, 1.82) is 0 Å². The van der Waals surface area contributed by atoms with Crippen LogP contribution in [0.1, 0.15) is 54.7 Å². The number of thioether (sulfide) groups is 2. The van der Waals surface area contributed by atoms with Gasteiger partial charge in [-0.25, -0.2) is 4.98 Å². The fraction of sp³-hybridized carbons (Fsp3) is 0.731. The van der Waals surface area contributed by atoms with E-state index >= 15 is 0 Å². The summed E-state index contributed by atoms with van der Waals surface area (Å²) in [5.41, 5.74) is 2.55. The average molecular weight is 681 g/mol. The van der Waals surface area contributed by atoms with Gasteiger partial charge in [-0.15, -0.1) is 9.05 Å². The number of carbonyl (C=O) groups excluding carboxylic acids is 2. The molecular formula is C26H43N5O10PS2+. The molecule has 0 spiro atoms. The van der Waals surface area contributed by atoms with Gasteiger partial charge in [0.15, 0.2) is 27.6 Å². The lowest BCUT2D eigenvalue weighted by molar-refractivity contribution is -0.118. The number of aromatic amines is 1. The summed E-state index contributed by atoms with van der Waals surface area (Å²) in [4.78, 5) is 45.4. The highest BCUT2D eigenvalue weighted by Crippen LogP contribution is 2.40. The van der Waals surface area contributed by atoms with Crippen molar-refractivity contribution in [2.24, 2.45) is 10.8 Å². The first-order valence-corrected chi connectivity index (χ1v) is 16.7. The van der Waals surface area contributed by atoms with Gasteiger partial charge in [0, 0.05) is 34.0 Å². The SMILES string of the molecule is CC(C)(C)C(=O)SCCO[P+](=O)OC[C@H]1O[C@@H](n2cnc3c(=O)[nH]c(N)nc32)[C@](C)(O)[C@@H]1O.COCCSC(=O)C(C)(C)C. The lowest BCUT2D eigenvalue weighted by Crippen LogP contribution is -2.44. The normalized spacial score (nSPS) is 22.5. The van der Waals surface area contributed by atoms with Gasteiger partial charge in [-0.3, -0.25) is 23.9 Å². The Balaban J connectivity index is 0.000000523. The number of aliphatic hydroxyl groups is 2. The summed E-state index contributed by atoms with van der Waals surface area (Å²) in [7, 11) is -0.902. The molecular weight excluding hydrogens is 637 g/mol. The fourth-order valence-corrected chi connectivity index (χ4v) is 5.92. The summed E-state index contributed by atoms with van der Waals surface area (Å²) in [5, 5.41) is 21.6. The Bertz CT molecular complexity index is 1360. The summed E-state index contributed by atoms with van der Waals surface area (Å²) in [6.07, 6.45) is -2.44. The van der Waals surface area contributed by atoms with Gasteiger partial charge in [-0.05, 0) is 6.92 Å². The van der Waals surface area contributed by atoms with Crippen molar-refractivity contribution in [3.8, 4) is 0 Å². The predicted molar refractivity (Wildman–Crippen MR) is 168 cm³/mol. The van der Waals surface area contributed by atoms with Crippen LogP contribution in [0.5, 0.6) is 0 Å². The van der Waals surface area contributed by atoms with Crippen LogP contribution >= 0.6 is 31.8 Å². The number of anilines is 1. The minimum Gasteiger partial charge on any atom is -0.387 e. The van der Waals surface area contributed by atoms with Crippen molar-refractivity contribution in [2.75, 3.05) is 44.2 Å². The van der Waals surface area contributed by atoms with E-state index in [9.17, 15) is 29.2 Å². The van der Waals surface area contributed by atoms with E-state index < -0.39 is 43.3 Å². The van der Waals surface area contributed by atoms with Gasteiger partial charge in [-0.1, -0.05) is 65.1 Å². The molecule has 3 rings (SSSR count). The molecule has 2 aromatic heterocycles. The number of carbonyl (C=O) groups is 2. The second-order valence-corrected chi connectivity index (χ2v) is 15.2. The molecule has 5 N–H and O–H groups in total. The van der Waals surface area contributed by atoms with E-state index in [1.807, 2.05) is 20.8 Å². The maximum atomic E-state index is 12.0. The first kappa shape index (κ1) is 38.2. The van der Waals surface area contributed by atoms with Gasteiger partial charge >= 0.3 is 8.25 Å². The number of nitrogens with two attached hydrogens (primary N) is 1. The quantitative estimate of drug-likeness (QED) is 0.198. The Hall–Kier alpha value is -1.95. The standard InChI is InChI=1S/C18H26N5O8PS.C8H16O2S/c1-17(2,3)15(26)33-6-5-29-32(28)30-7-9-11(24)18(4,27)14(31-9)23-8-20-10-12(23)21-16(19)22-13(10)25;1-8(2,3)7(9)11-6-5-10-4/h8-9,11,14,24,27H,5-7H2,1-4H3,(H2-,19,21,22,25);5-6H2,1-4H3/p+1/t9-,11-,14-,18-;/m1./s1. The first-order valence-electron chi connectivity index (χ1n) is 13.6. The van der Waals surface area contributed by atoms with E-state index in [-0.39, 0.29) is 46.0 Å². The maximum Gasteiger partial charge on any atom is 0.697 e. The van der Waals surface area contributed by atoms with Gasteiger partial charge in [0.25, 0.3) is 5.56 Å². The third kappa shape index (κ3) is 10.6. The van der Waals surface area contributed by atoms with Crippen LogP contribution in [0, 0.1) is 10.8 Å². The number of H-pyrrole nitrogens is 1. The van der Waals surface area contributed by atoms with Crippen LogP contribution < -0.4 is 11.3 Å². The molecule has 248 valence electrons. The van der Waals surface area contributed by atoms with Crippen molar-refractivity contribution in [1.82, 2.24) is 19.5 Å². The Morgan fingerprint density at radius 2 is 1.70 bits per heavy atom. The van der Waals surface area contributed by atoms with Gasteiger partial charge in [-0.2, -0.15) is 4.98 Å². The first-order chi connectivity index (χ1) is 20.3. The van der Waals surface area contributed by atoms with Crippen LogP contribution in [-0.4, -0.2) is 96.2 Å². The Kier molecular flexibility index (Phi) is 13.9. The van der Waals surface area contributed by atoms with Crippen LogP contribution in [0.15, 0.2) is 11.1 Å². The molecule has 0 aromatic carbocycles. The molecule has 15 nitrogen and oxygen atoms in total. The molecule has 0 radical (unpaired) electrons. The lowest BCUT2D eigenvalue weighted by Gasteiger charge is -2.27. The molecule has 1 aliphatic heterocycles. The van der Waals surface area contributed by atoms with E-state index in [1.54, 1.807) is 27.9 Å². The summed E-state index contributed by atoms with van der Waals surface area (Å²) < 4.78 is 34.1. The predicted octanol–water partition coefficient (Wildman–Crippen LogP) is 2.65. The number of aliphatic hydroxyl groups excluding tert-OH is 1. The Morgan fingerprint density at radius 1 is 1.14 bits per heavy atom. The van der Waals surface area contributed by atoms with Crippen LogP contribution in [0.3, 0.4) is 0 Å². The molecule has 0 aliphatic carbocycles. The minimum atomic E-state index is -2.54. The largest absolute Gasteiger partial charge is 0.697 e. The van der Waals surface area contributed by atoms with Crippen molar-refractivity contribution in [3.05, 3.63) is 16.7 Å². The second-order valence-electron chi connectivity index (χ2n) is 12.1. The van der Waals surface area contributed by atoms with Gasteiger partial charge in [0.05, 0.1) is 12.9 Å². The fourth-order valence-electron chi connectivity index (χ4n) is 3.56. The summed E-state index contributed by atoms with van der Waals surface area (Å²) >= 11 is 2.42. The zero-order valence-corrected chi connectivity index (χ0v) is 28.7. The van der Waals surface area contributed by atoms with Crippen molar-refractivity contribution < 1.29 is 42.9 Å². The van der Waals surface area contributed by atoms with Crippen LogP contribution in [0.2, 0.25) is 0 Å². The van der Waals surface area contributed by atoms with Crippen molar-refractivity contribution in [3.63, 3.8) is 0 Å². The van der Waals surface area contributed by atoms with E-state index in [0.29, 0.717) is 12.4 Å². The molecule has 0 saturated carbocycles. The molecule has 2 aromatic rings. The zero-order chi connectivity index (χ0) is 33.5. The molecule has 44 heavy (non-hydrogen) atoms. The van der Waals surface area contributed by atoms with E-state index in [0.717, 1.165) is 17.5 Å². The number of nitrogens with one attached hydrogen (secondary N) is 1. The molecule has 5 atom stereocenters. The highest BCUT2D eigenvalue weighted by molar-refractivity contribution is 8.14. The molecule has 1 fully saturated rings. The molecule has 0 bridgehead atoms. The minimum absolute atomic E-state index is 0.0109. The number of methoxy groups -OCH3 is 1. The number of nitrogens with zero attached hydrogens (tertiary/aromatic N) is 3. The number of imidazole rings is 1. The Labute approximate surface area is 265 Å². The lowest BCUT2D eigenvalue weighted by atomic mass is 9.96. The molecule has 0 amide bonds. The maximum absolute atomic E-state index is 12.0. The summed E-state index contributed by atoms with van der Waals surface area (Å²) in [6.45, 7) is 12.8. The summed E-state index contributed by atoms with van der Waals surface area (Å²) in [6, 6.07) is 0. The molecule has 1 saturated heterocycles. The molecule has 18 heteroatoms. The van der Waals surface area contributed by atoms with E-state index in [1.165, 1.54) is 29.6 Å². The van der Waals surface area contributed by atoms with Crippen molar-refractivity contribution in [2.45, 2.75) is 72.5 Å². The van der Waals surface area contributed by atoms with Gasteiger partial charge in [0.1, 0.15) is 31.0 Å². The monoisotopic (exact) mass is 680 g/mol. The van der Waals surface area contributed by atoms with Gasteiger partial charge < -0.3 is 25.4 Å². The third-order valence-corrected chi connectivity index (χ3v) is 9.30.